The van der Waals surface area contributed by atoms with Gasteiger partial charge in [-0.3, -0.25) is 14.9 Å². The molecule has 5 rings (SSSR count). The maximum atomic E-state index is 13.4. The number of carbonyl (C=O) groups is 1. The van der Waals surface area contributed by atoms with Crippen molar-refractivity contribution in [1.82, 2.24) is 0 Å². The number of nitrogens with zero attached hydrogens (tertiary/aromatic N) is 1. The molecule has 156 valence electrons. The zero-order chi connectivity index (χ0) is 21.9. The van der Waals surface area contributed by atoms with Gasteiger partial charge in [-0.15, -0.1) is 5.75 Å². The number of hydrogen-bond donors (Lipinski definition) is 1. The van der Waals surface area contributed by atoms with E-state index in [-0.39, 0.29) is 28.2 Å². The molecule has 3 aromatic carbocycles. The molecule has 1 heterocycles. The third kappa shape index (κ3) is 3.06. The van der Waals surface area contributed by atoms with Gasteiger partial charge >= 0.3 is 0 Å². The molecule has 0 aromatic heterocycles. The van der Waals surface area contributed by atoms with Crippen molar-refractivity contribution >= 4 is 33.5 Å². The van der Waals surface area contributed by atoms with Gasteiger partial charge in [0.2, 0.25) is 0 Å². The summed E-state index contributed by atoms with van der Waals surface area (Å²) < 4.78 is 0. The van der Waals surface area contributed by atoms with Crippen LogP contribution in [0.3, 0.4) is 0 Å². The predicted molar refractivity (Wildman–Crippen MR) is 118 cm³/mol. The summed E-state index contributed by atoms with van der Waals surface area (Å²) in [5, 5.41) is 29.5. The standard InChI is InChI=1S/C25H22N2O4/c1-25(2)12-18-22-16-6-4-3-5-14(16)7-9-19(22)26-24(23(18)21(29)13-25)17-11-15(27(30)31)8-10-20(17)28/h3-11,24,26,28H,12-13H2,1-2H3/p-1/t24-/m0/s1. The van der Waals surface area contributed by atoms with E-state index >= 15 is 0 Å². The number of non-ortho nitro benzene ring substituents is 1. The van der Waals surface area contributed by atoms with Crippen molar-refractivity contribution in [2.45, 2.75) is 32.7 Å². The zero-order valence-corrected chi connectivity index (χ0v) is 17.3. The summed E-state index contributed by atoms with van der Waals surface area (Å²) in [4.78, 5) is 24.2. The van der Waals surface area contributed by atoms with Crippen molar-refractivity contribution in [2.24, 2.45) is 5.41 Å². The molecule has 1 aliphatic heterocycles. The fourth-order valence-electron chi connectivity index (χ4n) is 4.95. The van der Waals surface area contributed by atoms with Gasteiger partial charge in [0.1, 0.15) is 0 Å². The van der Waals surface area contributed by atoms with Gasteiger partial charge in [0.15, 0.2) is 5.78 Å². The first kappa shape index (κ1) is 19.3. The van der Waals surface area contributed by atoms with Gasteiger partial charge in [0, 0.05) is 35.4 Å². The highest BCUT2D eigenvalue weighted by atomic mass is 16.6. The van der Waals surface area contributed by atoms with E-state index in [1.165, 1.54) is 18.2 Å². The number of benzene rings is 3. The third-order valence-electron chi connectivity index (χ3n) is 6.25. The largest absolute Gasteiger partial charge is 0.872 e. The fraction of sp³-hybridized carbons (Fsp3) is 0.240. The van der Waals surface area contributed by atoms with Gasteiger partial charge in [-0.1, -0.05) is 50.2 Å². The smallest absolute Gasteiger partial charge is 0.269 e. The summed E-state index contributed by atoms with van der Waals surface area (Å²) in [7, 11) is 0. The van der Waals surface area contributed by atoms with Crippen LogP contribution in [0.1, 0.15) is 43.9 Å². The molecule has 3 aromatic rings. The van der Waals surface area contributed by atoms with Crippen LogP contribution in [0.25, 0.3) is 16.3 Å². The van der Waals surface area contributed by atoms with Gasteiger partial charge in [0.05, 0.1) is 11.0 Å². The SMILES string of the molecule is CC1(C)CC(=O)C2=C(C1)c1c(ccc3ccccc13)N[C@H]2c1cc([N+](=O)[O-])ccc1[O-]. The average Bonchev–Trinajstić information content (AvgIpc) is 2.72. The van der Waals surface area contributed by atoms with E-state index in [0.29, 0.717) is 18.4 Å². The number of Topliss-reactive ketones (excluding diaryl/α,β-unsaturated/α-hetero) is 1. The van der Waals surface area contributed by atoms with E-state index in [1.54, 1.807) is 0 Å². The van der Waals surface area contributed by atoms with E-state index < -0.39 is 11.0 Å². The van der Waals surface area contributed by atoms with E-state index in [2.05, 4.69) is 19.2 Å². The lowest BCUT2D eigenvalue weighted by Gasteiger charge is -2.41. The Morgan fingerprint density at radius 2 is 1.84 bits per heavy atom. The minimum Gasteiger partial charge on any atom is -0.872 e. The van der Waals surface area contributed by atoms with E-state index in [0.717, 1.165) is 27.6 Å². The van der Waals surface area contributed by atoms with Gasteiger partial charge in [-0.05, 0) is 39.8 Å². The van der Waals surface area contributed by atoms with Crippen molar-refractivity contribution in [3.05, 3.63) is 81.4 Å². The molecule has 6 nitrogen and oxygen atoms in total. The maximum Gasteiger partial charge on any atom is 0.269 e. The summed E-state index contributed by atoms with van der Waals surface area (Å²) in [6.07, 6.45) is 1.06. The second kappa shape index (κ2) is 6.67. The lowest BCUT2D eigenvalue weighted by Crippen LogP contribution is -2.33. The van der Waals surface area contributed by atoms with Crippen LogP contribution in [-0.4, -0.2) is 10.7 Å². The third-order valence-corrected chi connectivity index (χ3v) is 6.25. The summed E-state index contributed by atoms with van der Waals surface area (Å²) >= 11 is 0. The van der Waals surface area contributed by atoms with E-state index in [4.69, 9.17) is 0 Å². The Labute approximate surface area is 179 Å². The highest BCUT2D eigenvalue weighted by Crippen LogP contribution is 2.52. The number of carbonyl (C=O) groups excluding carboxylic acids is 1. The van der Waals surface area contributed by atoms with Gasteiger partial charge in [-0.25, -0.2) is 0 Å². The lowest BCUT2D eigenvalue weighted by atomic mass is 9.67. The number of ketones is 1. The maximum absolute atomic E-state index is 13.4. The molecule has 2 aliphatic rings. The first-order valence-electron chi connectivity index (χ1n) is 10.3. The second-order valence-electron chi connectivity index (χ2n) is 9.10. The van der Waals surface area contributed by atoms with Crippen LogP contribution >= 0.6 is 0 Å². The molecule has 0 amide bonds. The molecule has 31 heavy (non-hydrogen) atoms. The molecule has 0 unspecified atom stereocenters. The van der Waals surface area contributed by atoms with Gasteiger partial charge < -0.3 is 10.4 Å². The number of rotatable bonds is 2. The van der Waals surface area contributed by atoms with Crippen LogP contribution in [0.5, 0.6) is 5.75 Å². The summed E-state index contributed by atoms with van der Waals surface area (Å²) in [6, 6.07) is 15.0. The molecular weight excluding hydrogens is 392 g/mol. The molecule has 0 radical (unpaired) electrons. The fourth-order valence-corrected chi connectivity index (χ4v) is 4.95. The van der Waals surface area contributed by atoms with Crippen molar-refractivity contribution in [1.29, 1.82) is 0 Å². The van der Waals surface area contributed by atoms with Gasteiger partial charge in [-0.2, -0.15) is 0 Å². The van der Waals surface area contributed by atoms with Crippen molar-refractivity contribution in [3.63, 3.8) is 0 Å². The average molecular weight is 413 g/mol. The summed E-state index contributed by atoms with van der Waals surface area (Å²) in [5.41, 5.74) is 3.17. The molecule has 6 heteroatoms. The molecular formula is C25H21N2O4-. The summed E-state index contributed by atoms with van der Waals surface area (Å²) in [6.45, 7) is 4.14. The molecule has 1 aliphatic carbocycles. The lowest BCUT2D eigenvalue weighted by molar-refractivity contribution is -0.385. The van der Waals surface area contributed by atoms with Crippen LogP contribution in [0.4, 0.5) is 11.4 Å². The van der Waals surface area contributed by atoms with Crippen molar-refractivity contribution in [2.75, 3.05) is 5.32 Å². The number of fused-ring (bicyclic) bond motifs is 4. The van der Waals surface area contributed by atoms with Crippen molar-refractivity contribution in [3.8, 4) is 5.75 Å². The highest BCUT2D eigenvalue weighted by Gasteiger charge is 2.41. The van der Waals surface area contributed by atoms with Crippen LogP contribution in [-0.2, 0) is 4.79 Å². The number of allylic oxidation sites excluding steroid dienone is 1. The minimum atomic E-state index is -0.709. The summed E-state index contributed by atoms with van der Waals surface area (Å²) in [5.74, 6) is -0.343. The number of hydrogen-bond acceptors (Lipinski definition) is 5. The number of nitrogens with one attached hydrogen (secondary N) is 1. The zero-order valence-electron chi connectivity index (χ0n) is 17.3. The van der Waals surface area contributed by atoms with E-state index in [9.17, 15) is 20.0 Å². The molecule has 0 bridgehead atoms. The van der Waals surface area contributed by atoms with Gasteiger partial charge in [0.25, 0.3) is 5.69 Å². The molecule has 0 spiro atoms. The first-order chi connectivity index (χ1) is 14.7. The predicted octanol–water partition coefficient (Wildman–Crippen LogP) is 5.13. The Morgan fingerprint density at radius 3 is 2.61 bits per heavy atom. The monoisotopic (exact) mass is 413 g/mol. The topological polar surface area (TPSA) is 95.3 Å². The number of anilines is 1. The van der Waals surface area contributed by atoms with Crippen LogP contribution in [0, 0.1) is 15.5 Å². The number of nitro groups is 1. The molecule has 0 fully saturated rings. The molecule has 0 saturated heterocycles. The van der Waals surface area contributed by atoms with Crippen LogP contribution in [0.2, 0.25) is 0 Å². The molecule has 0 saturated carbocycles. The normalized spacial score (nSPS) is 19.5. The van der Waals surface area contributed by atoms with Crippen LogP contribution in [0.15, 0.2) is 60.2 Å². The second-order valence-corrected chi connectivity index (χ2v) is 9.10. The molecule has 1 atom stereocenters. The quantitative estimate of drug-likeness (QED) is 0.464. The Hall–Kier alpha value is -3.67. The Balaban J connectivity index is 1.80. The number of nitro benzene ring substituents is 1. The minimum absolute atomic E-state index is 0.0201. The van der Waals surface area contributed by atoms with Crippen molar-refractivity contribution < 1.29 is 14.8 Å². The van der Waals surface area contributed by atoms with Crippen LogP contribution < -0.4 is 10.4 Å². The first-order valence-corrected chi connectivity index (χ1v) is 10.3. The van der Waals surface area contributed by atoms with E-state index in [1.807, 2.05) is 36.4 Å². The molecule has 1 N–H and O–H groups in total. The Kier molecular flexibility index (Phi) is 4.15. The Bertz CT molecular complexity index is 1310. The Morgan fingerprint density at radius 1 is 1.06 bits per heavy atom. The highest BCUT2D eigenvalue weighted by molar-refractivity contribution is 6.13.